The fourth-order valence-electron chi connectivity index (χ4n) is 1.49. The predicted molar refractivity (Wildman–Crippen MR) is 78.7 cm³/mol. The Balaban J connectivity index is 2.56. The smallest absolute Gasteiger partial charge is 0.208 e. The molecule has 0 fully saturated rings. The van der Waals surface area contributed by atoms with Crippen LogP contribution in [0.25, 0.3) is 0 Å². The third kappa shape index (κ3) is 4.72. The van der Waals surface area contributed by atoms with Crippen molar-refractivity contribution in [1.82, 2.24) is 15.5 Å². The van der Waals surface area contributed by atoms with Crippen molar-refractivity contribution in [3.63, 3.8) is 0 Å². The lowest BCUT2D eigenvalue weighted by Crippen LogP contribution is -2.51. The molecule has 0 radical (unpaired) electrons. The number of thioether (sulfide) groups is 1. The highest BCUT2D eigenvalue weighted by atomic mass is 32.2. The van der Waals surface area contributed by atoms with Crippen LogP contribution in [0.4, 0.5) is 5.13 Å². The van der Waals surface area contributed by atoms with Crippen LogP contribution in [0, 0.1) is 0 Å². The summed E-state index contributed by atoms with van der Waals surface area (Å²) in [4.78, 5) is 1.94. The average molecular weight is 290 g/mol. The lowest BCUT2D eigenvalue weighted by Gasteiger charge is -2.30. The molecule has 1 rings (SSSR count). The van der Waals surface area contributed by atoms with E-state index in [2.05, 4.69) is 29.4 Å². The zero-order valence-electron chi connectivity index (χ0n) is 11.6. The van der Waals surface area contributed by atoms with Gasteiger partial charge in [0.05, 0.1) is 6.61 Å². The van der Waals surface area contributed by atoms with Crippen LogP contribution >= 0.6 is 23.1 Å². The Morgan fingerprint density at radius 3 is 2.56 bits per heavy atom. The van der Waals surface area contributed by atoms with E-state index in [0.717, 1.165) is 15.2 Å². The van der Waals surface area contributed by atoms with Crippen LogP contribution in [0.2, 0.25) is 0 Å². The summed E-state index contributed by atoms with van der Waals surface area (Å²) >= 11 is 3.20. The number of aromatic nitrogens is 2. The minimum atomic E-state index is -0.289. The average Bonchev–Trinajstić information content (AvgIpc) is 2.74. The van der Waals surface area contributed by atoms with Crippen molar-refractivity contribution >= 4 is 28.2 Å². The van der Waals surface area contributed by atoms with Crippen LogP contribution in [0.15, 0.2) is 4.34 Å². The van der Waals surface area contributed by atoms with Gasteiger partial charge in [-0.25, -0.2) is 0 Å². The van der Waals surface area contributed by atoms with Crippen molar-refractivity contribution in [2.75, 3.05) is 31.4 Å². The molecule has 0 aromatic carbocycles. The van der Waals surface area contributed by atoms with Crippen LogP contribution in [0.1, 0.15) is 20.8 Å². The summed E-state index contributed by atoms with van der Waals surface area (Å²) in [5.74, 6) is 0.768. The van der Waals surface area contributed by atoms with Gasteiger partial charge in [0.2, 0.25) is 5.13 Å². The van der Waals surface area contributed by atoms with E-state index in [1.165, 1.54) is 0 Å². The number of hydrogen-bond donors (Lipinski definition) is 2. The molecule has 0 aliphatic heterocycles. The Morgan fingerprint density at radius 1 is 1.44 bits per heavy atom. The number of aliphatic hydroxyl groups excluding tert-OH is 1. The van der Waals surface area contributed by atoms with Crippen molar-refractivity contribution in [3.8, 4) is 0 Å². The topological polar surface area (TPSA) is 61.3 Å². The van der Waals surface area contributed by atoms with E-state index in [9.17, 15) is 5.11 Å². The maximum Gasteiger partial charge on any atom is 0.208 e. The van der Waals surface area contributed by atoms with Gasteiger partial charge in [0, 0.05) is 31.4 Å². The molecule has 0 saturated heterocycles. The van der Waals surface area contributed by atoms with E-state index in [4.69, 9.17) is 0 Å². The monoisotopic (exact) mass is 290 g/mol. The SMILES string of the molecule is CC(C)NC(C)(CO)CSc1nnc(N(C)C)s1. The standard InChI is InChI=1S/C11H22N4OS2/c1-8(2)12-11(3,6-16)7-17-10-14-13-9(18-10)15(4)5/h8,12,16H,6-7H2,1-5H3. The highest BCUT2D eigenvalue weighted by Crippen LogP contribution is 2.29. The quantitative estimate of drug-likeness (QED) is 0.741. The minimum Gasteiger partial charge on any atom is -0.394 e. The highest BCUT2D eigenvalue weighted by molar-refractivity contribution is 8.01. The molecule has 0 bridgehead atoms. The summed E-state index contributed by atoms with van der Waals surface area (Å²) < 4.78 is 0.934. The summed E-state index contributed by atoms with van der Waals surface area (Å²) in [6, 6.07) is 0.342. The van der Waals surface area contributed by atoms with Crippen LogP contribution in [0.5, 0.6) is 0 Å². The molecule has 0 saturated carbocycles. The molecule has 0 amide bonds. The van der Waals surface area contributed by atoms with E-state index < -0.39 is 0 Å². The largest absolute Gasteiger partial charge is 0.394 e. The van der Waals surface area contributed by atoms with Gasteiger partial charge in [0.1, 0.15) is 0 Å². The lowest BCUT2D eigenvalue weighted by atomic mass is 10.1. The summed E-state index contributed by atoms with van der Waals surface area (Å²) in [6.45, 7) is 6.28. The van der Waals surface area contributed by atoms with Gasteiger partial charge in [-0.05, 0) is 6.92 Å². The van der Waals surface area contributed by atoms with Gasteiger partial charge in [-0.15, -0.1) is 10.2 Å². The number of aliphatic hydroxyl groups is 1. The van der Waals surface area contributed by atoms with Crippen LogP contribution in [0.3, 0.4) is 0 Å². The van der Waals surface area contributed by atoms with E-state index in [1.54, 1.807) is 23.1 Å². The molecule has 1 aromatic heterocycles. The van der Waals surface area contributed by atoms with Crippen molar-refractivity contribution in [1.29, 1.82) is 0 Å². The Bertz CT molecular complexity index is 370. The maximum absolute atomic E-state index is 9.49. The molecule has 0 aliphatic rings. The van der Waals surface area contributed by atoms with Gasteiger partial charge in [0.15, 0.2) is 4.34 Å². The Kier molecular flexibility index (Phi) is 5.84. The van der Waals surface area contributed by atoms with Gasteiger partial charge in [-0.1, -0.05) is 36.9 Å². The zero-order chi connectivity index (χ0) is 13.8. The number of hydrogen-bond acceptors (Lipinski definition) is 7. The second-order valence-corrected chi connectivity index (χ2v) is 7.23. The number of nitrogens with zero attached hydrogens (tertiary/aromatic N) is 3. The highest BCUT2D eigenvalue weighted by Gasteiger charge is 2.24. The molecule has 1 atom stereocenters. The molecule has 1 aromatic rings. The van der Waals surface area contributed by atoms with Crippen molar-refractivity contribution in [3.05, 3.63) is 0 Å². The van der Waals surface area contributed by atoms with E-state index in [1.807, 2.05) is 25.9 Å². The molecular weight excluding hydrogens is 268 g/mol. The number of nitrogens with one attached hydrogen (secondary N) is 1. The molecule has 1 unspecified atom stereocenters. The van der Waals surface area contributed by atoms with Crippen molar-refractivity contribution < 1.29 is 5.11 Å². The molecule has 104 valence electrons. The predicted octanol–water partition coefficient (Wildman–Crippen LogP) is 1.45. The van der Waals surface area contributed by atoms with Gasteiger partial charge >= 0.3 is 0 Å². The Morgan fingerprint density at radius 2 is 2.11 bits per heavy atom. The first-order valence-corrected chi connectivity index (χ1v) is 7.69. The summed E-state index contributed by atoms with van der Waals surface area (Å²) in [7, 11) is 3.90. The van der Waals surface area contributed by atoms with Gasteiger partial charge in [-0.3, -0.25) is 0 Å². The molecular formula is C11H22N4OS2. The number of anilines is 1. The Hall–Kier alpha value is -0.370. The van der Waals surface area contributed by atoms with Crippen molar-refractivity contribution in [2.24, 2.45) is 0 Å². The van der Waals surface area contributed by atoms with Crippen LogP contribution in [-0.4, -0.2) is 53.3 Å². The minimum absolute atomic E-state index is 0.109. The van der Waals surface area contributed by atoms with Crippen LogP contribution in [-0.2, 0) is 0 Å². The van der Waals surface area contributed by atoms with Gasteiger partial charge in [0.25, 0.3) is 0 Å². The normalized spacial score (nSPS) is 14.8. The second kappa shape index (κ2) is 6.70. The van der Waals surface area contributed by atoms with Crippen molar-refractivity contribution in [2.45, 2.75) is 36.7 Å². The fourth-order valence-corrected chi connectivity index (χ4v) is 3.35. The first kappa shape index (κ1) is 15.7. The number of rotatable bonds is 7. The molecule has 1 heterocycles. The zero-order valence-corrected chi connectivity index (χ0v) is 13.2. The van der Waals surface area contributed by atoms with Crippen LogP contribution < -0.4 is 10.2 Å². The summed E-state index contributed by atoms with van der Waals surface area (Å²) in [5, 5.41) is 22.0. The lowest BCUT2D eigenvalue weighted by molar-refractivity contribution is 0.183. The third-order valence-corrected chi connectivity index (χ3v) is 4.88. The Labute approximate surface area is 117 Å². The summed E-state index contributed by atoms with van der Waals surface area (Å²) in [5.41, 5.74) is -0.289. The third-order valence-electron chi connectivity index (χ3n) is 2.28. The molecule has 0 spiro atoms. The van der Waals surface area contributed by atoms with Gasteiger partial charge < -0.3 is 15.3 Å². The first-order valence-electron chi connectivity index (χ1n) is 5.88. The molecule has 5 nitrogen and oxygen atoms in total. The molecule has 2 N–H and O–H groups in total. The molecule has 0 aliphatic carbocycles. The second-order valence-electron chi connectivity index (χ2n) is 5.05. The molecule has 18 heavy (non-hydrogen) atoms. The molecule has 7 heteroatoms. The van der Waals surface area contributed by atoms with Gasteiger partial charge in [-0.2, -0.15) is 0 Å². The summed E-state index contributed by atoms with van der Waals surface area (Å²) in [6.07, 6.45) is 0. The van der Waals surface area contributed by atoms with E-state index in [-0.39, 0.29) is 12.1 Å². The fraction of sp³-hybridized carbons (Fsp3) is 0.818. The maximum atomic E-state index is 9.49. The van der Waals surface area contributed by atoms with E-state index in [0.29, 0.717) is 6.04 Å². The van der Waals surface area contributed by atoms with E-state index >= 15 is 0 Å². The first-order chi connectivity index (χ1) is 8.36.